The molecule has 2 fully saturated rings. The van der Waals surface area contributed by atoms with E-state index in [1.807, 2.05) is 6.20 Å². The second-order valence-corrected chi connectivity index (χ2v) is 8.68. The number of H-pyrrole nitrogens is 1. The van der Waals surface area contributed by atoms with Crippen LogP contribution in [0.25, 0.3) is 10.9 Å². The first-order chi connectivity index (χ1) is 15.6. The predicted octanol–water partition coefficient (Wildman–Crippen LogP) is 2.88. The van der Waals surface area contributed by atoms with Crippen LogP contribution < -0.4 is 5.32 Å². The van der Waals surface area contributed by atoms with Crippen LogP contribution in [-0.2, 0) is 16.0 Å². The van der Waals surface area contributed by atoms with E-state index in [0.717, 1.165) is 42.4 Å². The zero-order valence-corrected chi connectivity index (χ0v) is 17.9. The number of pyridine rings is 1. The number of fused-ring (bicyclic) bond motifs is 1. The van der Waals surface area contributed by atoms with E-state index in [2.05, 4.69) is 20.2 Å². The van der Waals surface area contributed by atoms with E-state index in [4.69, 9.17) is 9.47 Å². The number of aromatic amines is 1. The van der Waals surface area contributed by atoms with Gasteiger partial charge in [-0.05, 0) is 48.7 Å². The highest BCUT2D eigenvalue weighted by atomic mass is 19.1. The maximum Gasteiger partial charge on any atom is 0.252 e. The number of carbonyl (C=O) groups excluding carboxylic acids is 1. The minimum Gasteiger partial charge on any atom is -0.377 e. The van der Waals surface area contributed by atoms with Gasteiger partial charge in [-0.3, -0.25) is 14.7 Å². The molecule has 3 aromatic rings. The van der Waals surface area contributed by atoms with Crippen molar-refractivity contribution in [2.24, 2.45) is 0 Å². The Morgan fingerprint density at radius 2 is 2.31 bits per heavy atom. The van der Waals surface area contributed by atoms with Gasteiger partial charge >= 0.3 is 0 Å². The summed E-state index contributed by atoms with van der Waals surface area (Å²) in [7, 11) is 0. The van der Waals surface area contributed by atoms with Crippen molar-refractivity contribution < 1.29 is 18.7 Å². The Labute approximate surface area is 185 Å². The molecular weight excluding hydrogens is 411 g/mol. The molecule has 2 saturated heterocycles. The molecular formula is C24H27FN4O3. The first-order valence-corrected chi connectivity index (χ1v) is 11.0. The van der Waals surface area contributed by atoms with Crippen LogP contribution in [0.1, 0.15) is 28.8 Å². The minimum atomic E-state index is -0.391. The monoisotopic (exact) mass is 438 g/mol. The fourth-order valence-corrected chi connectivity index (χ4v) is 4.71. The molecule has 2 aliphatic rings. The summed E-state index contributed by atoms with van der Waals surface area (Å²) in [6, 6.07) is 8.31. The summed E-state index contributed by atoms with van der Waals surface area (Å²) in [5.74, 6) is -0.378. The Balaban J connectivity index is 1.22. The van der Waals surface area contributed by atoms with Gasteiger partial charge in [0.2, 0.25) is 0 Å². The van der Waals surface area contributed by atoms with E-state index in [0.29, 0.717) is 31.9 Å². The van der Waals surface area contributed by atoms with Gasteiger partial charge in [0.15, 0.2) is 0 Å². The smallest absolute Gasteiger partial charge is 0.252 e. The Bertz CT molecular complexity index is 1090. The SMILES string of the molecule is O=C(NC[C@@H]1CC[C@@]2(COCCN(Cc3c[nH]c4ccc(F)cc34)C2)O1)c1cccnc1. The van der Waals surface area contributed by atoms with Gasteiger partial charge in [0.05, 0.1) is 24.9 Å². The van der Waals surface area contributed by atoms with Crippen molar-refractivity contribution in [2.45, 2.75) is 31.1 Å². The molecule has 0 aliphatic carbocycles. The fourth-order valence-electron chi connectivity index (χ4n) is 4.71. The molecule has 4 heterocycles. The molecule has 2 atom stereocenters. The number of ether oxygens (including phenoxy) is 2. The number of aromatic nitrogens is 2. The third-order valence-corrected chi connectivity index (χ3v) is 6.30. The highest BCUT2D eigenvalue weighted by Crippen LogP contribution is 2.33. The third kappa shape index (κ3) is 4.53. The second kappa shape index (κ2) is 8.97. The number of rotatable bonds is 5. The van der Waals surface area contributed by atoms with Crippen LogP contribution in [0.5, 0.6) is 0 Å². The van der Waals surface area contributed by atoms with Crippen molar-refractivity contribution in [3.8, 4) is 0 Å². The zero-order chi connectivity index (χ0) is 22.0. The summed E-state index contributed by atoms with van der Waals surface area (Å²) in [5.41, 5.74) is 2.15. The van der Waals surface area contributed by atoms with E-state index >= 15 is 0 Å². The van der Waals surface area contributed by atoms with Crippen LogP contribution in [0.2, 0.25) is 0 Å². The number of halogens is 1. The Morgan fingerprint density at radius 1 is 1.38 bits per heavy atom. The molecule has 5 rings (SSSR count). The molecule has 0 saturated carbocycles. The minimum absolute atomic E-state index is 0.0543. The molecule has 8 heteroatoms. The molecule has 168 valence electrons. The summed E-state index contributed by atoms with van der Waals surface area (Å²) in [6.45, 7) is 3.85. The normalized spacial score (nSPS) is 24.1. The predicted molar refractivity (Wildman–Crippen MR) is 118 cm³/mol. The summed E-state index contributed by atoms with van der Waals surface area (Å²) >= 11 is 0. The van der Waals surface area contributed by atoms with Crippen molar-refractivity contribution in [3.05, 3.63) is 65.9 Å². The lowest BCUT2D eigenvalue weighted by Crippen LogP contribution is -2.45. The highest BCUT2D eigenvalue weighted by Gasteiger charge is 2.43. The van der Waals surface area contributed by atoms with Gasteiger partial charge in [0, 0.05) is 55.7 Å². The van der Waals surface area contributed by atoms with Gasteiger partial charge in [-0.2, -0.15) is 0 Å². The average Bonchev–Trinajstić information content (AvgIpc) is 3.33. The molecule has 1 aromatic carbocycles. The van der Waals surface area contributed by atoms with Gasteiger partial charge in [0.25, 0.3) is 5.91 Å². The number of amides is 1. The van der Waals surface area contributed by atoms with Crippen molar-refractivity contribution in [1.82, 2.24) is 20.2 Å². The van der Waals surface area contributed by atoms with Crippen LogP contribution in [0.3, 0.4) is 0 Å². The summed E-state index contributed by atoms with van der Waals surface area (Å²) in [5, 5.41) is 3.86. The molecule has 0 bridgehead atoms. The number of benzene rings is 1. The Kier molecular flexibility index (Phi) is 5.91. The van der Waals surface area contributed by atoms with Crippen molar-refractivity contribution >= 4 is 16.8 Å². The molecule has 2 aromatic heterocycles. The van der Waals surface area contributed by atoms with Crippen LogP contribution in [-0.4, -0.2) is 65.3 Å². The van der Waals surface area contributed by atoms with Gasteiger partial charge in [0.1, 0.15) is 11.4 Å². The van der Waals surface area contributed by atoms with Crippen LogP contribution in [0, 0.1) is 5.82 Å². The first-order valence-electron chi connectivity index (χ1n) is 11.0. The number of nitrogens with zero attached hydrogens (tertiary/aromatic N) is 2. The number of hydrogen-bond acceptors (Lipinski definition) is 5. The van der Waals surface area contributed by atoms with E-state index in [9.17, 15) is 9.18 Å². The summed E-state index contributed by atoms with van der Waals surface area (Å²) in [4.78, 5) is 21.9. The molecule has 0 radical (unpaired) electrons. The van der Waals surface area contributed by atoms with Crippen LogP contribution in [0.4, 0.5) is 4.39 Å². The number of carbonyl (C=O) groups is 1. The Hall–Kier alpha value is -2.81. The molecule has 2 aliphatic heterocycles. The zero-order valence-electron chi connectivity index (χ0n) is 17.9. The lowest BCUT2D eigenvalue weighted by molar-refractivity contribution is -0.0849. The number of nitrogens with one attached hydrogen (secondary N) is 2. The van der Waals surface area contributed by atoms with Gasteiger partial charge < -0.3 is 19.8 Å². The largest absolute Gasteiger partial charge is 0.377 e. The molecule has 2 N–H and O–H groups in total. The third-order valence-electron chi connectivity index (χ3n) is 6.30. The fraction of sp³-hybridized carbons (Fsp3) is 0.417. The van der Waals surface area contributed by atoms with Crippen molar-refractivity contribution in [1.29, 1.82) is 0 Å². The first kappa shape index (κ1) is 21.1. The quantitative estimate of drug-likeness (QED) is 0.641. The van der Waals surface area contributed by atoms with Gasteiger partial charge in [-0.25, -0.2) is 4.39 Å². The molecule has 7 nitrogen and oxygen atoms in total. The lowest BCUT2D eigenvalue weighted by Gasteiger charge is -2.32. The lowest BCUT2D eigenvalue weighted by atomic mass is 9.99. The van der Waals surface area contributed by atoms with Gasteiger partial charge in [-0.1, -0.05) is 0 Å². The summed E-state index contributed by atoms with van der Waals surface area (Å²) < 4.78 is 26.1. The maximum absolute atomic E-state index is 13.8. The average molecular weight is 439 g/mol. The van der Waals surface area contributed by atoms with Crippen LogP contribution >= 0.6 is 0 Å². The topological polar surface area (TPSA) is 79.5 Å². The maximum atomic E-state index is 13.8. The van der Waals surface area contributed by atoms with E-state index in [1.54, 1.807) is 36.7 Å². The molecule has 1 spiro atoms. The molecule has 32 heavy (non-hydrogen) atoms. The highest BCUT2D eigenvalue weighted by molar-refractivity contribution is 5.93. The number of hydrogen-bond donors (Lipinski definition) is 2. The Morgan fingerprint density at radius 3 is 3.19 bits per heavy atom. The molecule has 0 unspecified atom stereocenters. The van der Waals surface area contributed by atoms with E-state index in [-0.39, 0.29) is 17.8 Å². The standard InChI is InChI=1S/C24H27FN4O3/c25-19-3-4-22-21(10-19)18(12-27-22)14-29-8-9-31-16-24(15-29)6-5-20(32-24)13-28-23(30)17-2-1-7-26-11-17/h1-4,7,10-12,20,27H,5-6,8-9,13-16H2,(H,28,30)/t20-,24+/m0/s1. The van der Waals surface area contributed by atoms with Crippen molar-refractivity contribution in [2.75, 3.05) is 32.8 Å². The second-order valence-electron chi connectivity index (χ2n) is 8.68. The van der Waals surface area contributed by atoms with E-state index < -0.39 is 5.60 Å². The molecule has 1 amide bonds. The van der Waals surface area contributed by atoms with Crippen LogP contribution in [0.15, 0.2) is 48.9 Å². The van der Waals surface area contributed by atoms with E-state index in [1.165, 1.54) is 6.07 Å². The summed E-state index contributed by atoms with van der Waals surface area (Å²) in [6.07, 6.45) is 6.84. The van der Waals surface area contributed by atoms with Crippen molar-refractivity contribution in [3.63, 3.8) is 0 Å². The van der Waals surface area contributed by atoms with Gasteiger partial charge in [-0.15, -0.1) is 0 Å².